The molecule has 0 N–H and O–H groups in total. The molecule has 1 aliphatic heterocycles. The standard InChI is InChI=1S/C27H26O3S/c1-3-9-20(10-4-1)17-28-19-25-23(29-18-21-11-5-2-6-12-21)16-24(30-25)27-15-22-13-7-8-14-26(22)31-27/h1-15,23-25H,16-19H2/t23-,24?,25+/m0/s1. The van der Waals surface area contributed by atoms with E-state index in [1.54, 1.807) is 0 Å². The highest BCUT2D eigenvalue weighted by Gasteiger charge is 2.37. The van der Waals surface area contributed by atoms with Crippen molar-refractivity contribution in [2.45, 2.75) is 37.9 Å². The molecule has 1 saturated heterocycles. The van der Waals surface area contributed by atoms with Gasteiger partial charge in [-0.1, -0.05) is 78.9 Å². The predicted molar refractivity (Wildman–Crippen MR) is 125 cm³/mol. The van der Waals surface area contributed by atoms with Crippen LogP contribution in [0.2, 0.25) is 0 Å². The van der Waals surface area contributed by atoms with Crippen LogP contribution in [0.1, 0.15) is 28.5 Å². The van der Waals surface area contributed by atoms with Crippen LogP contribution in [0.25, 0.3) is 10.1 Å². The minimum Gasteiger partial charge on any atom is -0.374 e. The van der Waals surface area contributed by atoms with Gasteiger partial charge in [-0.2, -0.15) is 0 Å². The van der Waals surface area contributed by atoms with Crippen LogP contribution in [0, 0.1) is 0 Å². The summed E-state index contributed by atoms with van der Waals surface area (Å²) in [6, 6.07) is 31.3. The fourth-order valence-electron chi connectivity index (χ4n) is 4.03. The summed E-state index contributed by atoms with van der Waals surface area (Å²) in [6.45, 7) is 1.69. The molecule has 3 atom stereocenters. The molecule has 3 aromatic carbocycles. The number of rotatable bonds is 8. The zero-order chi connectivity index (χ0) is 20.9. The highest BCUT2D eigenvalue weighted by molar-refractivity contribution is 7.19. The molecule has 2 heterocycles. The molecular formula is C27H26O3S. The van der Waals surface area contributed by atoms with Crippen LogP contribution in [-0.2, 0) is 27.4 Å². The number of benzene rings is 3. The molecule has 1 unspecified atom stereocenters. The Hall–Kier alpha value is -2.50. The quantitative estimate of drug-likeness (QED) is 0.318. The average Bonchev–Trinajstić information content (AvgIpc) is 3.43. The lowest BCUT2D eigenvalue weighted by atomic mass is 10.1. The Morgan fingerprint density at radius 3 is 2.23 bits per heavy atom. The van der Waals surface area contributed by atoms with Gasteiger partial charge in [-0.05, 0) is 28.6 Å². The second-order valence-corrected chi connectivity index (χ2v) is 9.04. The second kappa shape index (κ2) is 9.75. The summed E-state index contributed by atoms with van der Waals surface area (Å²) < 4.78 is 20.1. The van der Waals surface area contributed by atoms with Gasteiger partial charge in [0.25, 0.3) is 0 Å². The Kier molecular flexibility index (Phi) is 6.42. The van der Waals surface area contributed by atoms with Crippen molar-refractivity contribution in [1.29, 1.82) is 0 Å². The van der Waals surface area contributed by atoms with Crippen molar-refractivity contribution in [3.05, 3.63) is 107 Å². The smallest absolute Gasteiger partial charge is 0.108 e. The Balaban J connectivity index is 1.27. The van der Waals surface area contributed by atoms with E-state index in [0.717, 1.165) is 6.42 Å². The largest absolute Gasteiger partial charge is 0.374 e. The van der Waals surface area contributed by atoms with Crippen molar-refractivity contribution in [2.24, 2.45) is 0 Å². The summed E-state index contributed by atoms with van der Waals surface area (Å²) in [4.78, 5) is 1.26. The van der Waals surface area contributed by atoms with Crippen LogP contribution in [0.5, 0.6) is 0 Å². The summed E-state index contributed by atoms with van der Waals surface area (Å²) in [5.41, 5.74) is 2.35. The summed E-state index contributed by atoms with van der Waals surface area (Å²) >= 11 is 1.81. The molecule has 1 aromatic heterocycles. The molecule has 0 saturated carbocycles. The zero-order valence-electron chi connectivity index (χ0n) is 17.4. The van der Waals surface area contributed by atoms with Crippen LogP contribution in [0.3, 0.4) is 0 Å². The fourth-order valence-corrected chi connectivity index (χ4v) is 5.14. The lowest BCUT2D eigenvalue weighted by Crippen LogP contribution is -2.29. The van der Waals surface area contributed by atoms with Gasteiger partial charge in [0.1, 0.15) is 6.10 Å². The van der Waals surface area contributed by atoms with Gasteiger partial charge in [-0.3, -0.25) is 0 Å². The fraction of sp³-hybridized carbons (Fsp3) is 0.259. The van der Waals surface area contributed by atoms with E-state index in [1.807, 2.05) is 47.7 Å². The third kappa shape index (κ3) is 5.05. The van der Waals surface area contributed by atoms with Gasteiger partial charge >= 0.3 is 0 Å². The monoisotopic (exact) mass is 430 g/mol. The first-order chi connectivity index (χ1) is 15.3. The lowest BCUT2D eigenvalue weighted by molar-refractivity contribution is -0.0711. The summed E-state index contributed by atoms with van der Waals surface area (Å²) in [5.74, 6) is 0. The molecule has 0 radical (unpaired) electrons. The maximum absolute atomic E-state index is 6.48. The molecule has 0 amide bonds. The molecule has 5 rings (SSSR count). The van der Waals surface area contributed by atoms with Crippen molar-refractivity contribution < 1.29 is 14.2 Å². The Bertz CT molecular complexity index is 1060. The number of hydrogen-bond donors (Lipinski definition) is 0. The van der Waals surface area contributed by atoms with Crippen molar-refractivity contribution in [3.8, 4) is 0 Å². The van der Waals surface area contributed by atoms with E-state index >= 15 is 0 Å². The van der Waals surface area contributed by atoms with Crippen molar-refractivity contribution >= 4 is 21.4 Å². The maximum atomic E-state index is 6.48. The average molecular weight is 431 g/mol. The van der Waals surface area contributed by atoms with E-state index < -0.39 is 0 Å². The first-order valence-electron chi connectivity index (χ1n) is 10.8. The Morgan fingerprint density at radius 2 is 1.48 bits per heavy atom. The Labute approximate surface area is 187 Å². The van der Waals surface area contributed by atoms with Gasteiger partial charge in [0.2, 0.25) is 0 Å². The van der Waals surface area contributed by atoms with Gasteiger partial charge in [0.05, 0.1) is 32.0 Å². The van der Waals surface area contributed by atoms with Crippen LogP contribution in [0.15, 0.2) is 91.0 Å². The van der Waals surface area contributed by atoms with Gasteiger partial charge in [-0.15, -0.1) is 11.3 Å². The topological polar surface area (TPSA) is 27.7 Å². The lowest BCUT2D eigenvalue weighted by Gasteiger charge is -2.19. The van der Waals surface area contributed by atoms with Crippen molar-refractivity contribution in [1.82, 2.24) is 0 Å². The number of hydrogen-bond acceptors (Lipinski definition) is 4. The molecule has 4 aromatic rings. The van der Waals surface area contributed by atoms with Crippen LogP contribution in [-0.4, -0.2) is 18.8 Å². The van der Waals surface area contributed by atoms with Crippen molar-refractivity contribution in [3.63, 3.8) is 0 Å². The van der Waals surface area contributed by atoms with Crippen LogP contribution >= 0.6 is 11.3 Å². The number of thiophene rings is 1. The summed E-state index contributed by atoms with van der Waals surface area (Å²) in [6.07, 6.45) is 0.816. The zero-order valence-corrected chi connectivity index (χ0v) is 18.2. The van der Waals surface area contributed by atoms with Gasteiger partial charge < -0.3 is 14.2 Å². The van der Waals surface area contributed by atoms with E-state index in [2.05, 4.69) is 54.6 Å². The second-order valence-electron chi connectivity index (χ2n) is 7.92. The molecule has 158 valence electrons. The minimum atomic E-state index is -0.0809. The Morgan fingerprint density at radius 1 is 0.806 bits per heavy atom. The molecule has 4 heteroatoms. The minimum absolute atomic E-state index is 0.00573. The first-order valence-corrected chi connectivity index (χ1v) is 11.6. The normalized spacial score (nSPS) is 21.0. The highest BCUT2D eigenvalue weighted by Crippen LogP contribution is 2.40. The molecule has 3 nitrogen and oxygen atoms in total. The van der Waals surface area contributed by atoms with Gasteiger partial charge in [0.15, 0.2) is 0 Å². The molecule has 1 fully saturated rings. The number of fused-ring (bicyclic) bond motifs is 1. The summed E-state index contributed by atoms with van der Waals surface area (Å²) in [7, 11) is 0. The molecule has 1 aliphatic rings. The number of ether oxygens (including phenoxy) is 3. The summed E-state index contributed by atoms with van der Waals surface area (Å²) in [5, 5.41) is 1.27. The van der Waals surface area contributed by atoms with Crippen LogP contribution in [0.4, 0.5) is 0 Å². The molecular weight excluding hydrogens is 404 g/mol. The molecule has 31 heavy (non-hydrogen) atoms. The molecule has 0 aliphatic carbocycles. The van der Waals surface area contributed by atoms with Crippen LogP contribution < -0.4 is 0 Å². The van der Waals surface area contributed by atoms with Gasteiger partial charge in [0, 0.05) is 16.0 Å². The first kappa shape index (κ1) is 20.4. The van der Waals surface area contributed by atoms with E-state index in [0.29, 0.717) is 19.8 Å². The van der Waals surface area contributed by atoms with E-state index in [4.69, 9.17) is 14.2 Å². The molecule has 0 bridgehead atoms. The highest BCUT2D eigenvalue weighted by atomic mass is 32.1. The third-order valence-corrected chi connectivity index (χ3v) is 6.87. The predicted octanol–water partition coefficient (Wildman–Crippen LogP) is 6.53. The maximum Gasteiger partial charge on any atom is 0.108 e. The van der Waals surface area contributed by atoms with E-state index in [-0.39, 0.29) is 18.3 Å². The van der Waals surface area contributed by atoms with Gasteiger partial charge in [-0.25, -0.2) is 0 Å². The van der Waals surface area contributed by atoms with Crippen molar-refractivity contribution in [2.75, 3.05) is 6.61 Å². The SMILES string of the molecule is c1ccc(COC[C@H]2OC(c3cc4ccccc4s3)C[C@@H]2OCc2ccccc2)cc1. The molecule has 0 spiro atoms. The van der Waals surface area contributed by atoms with E-state index in [1.165, 1.54) is 26.1 Å². The third-order valence-electron chi connectivity index (χ3n) is 5.66. The van der Waals surface area contributed by atoms with E-state index in [9.17, 15) is 0 Å².